The summed E-state index contributed by atoms with van der Waals surface area (Å²) in [7, 11) is 1.53. The number of ketones is 2. The number of amides is 1. The van der Waals surface area contributed by atoms with Crippen molar-refractivity contribution in [1.82, 2.24) is 4.90 Å². The lowest BCUT2D eigenvalue weighted by Crippen LogP contribution is -2.52. The number of aryl methyl sites for hydroxylation is 1. The summed E-state index contributed by atoms with van der Waals surface area (Å²) in [5, 5.41) is 0. The van der Waals surface area contributed by atoms with E-state index in [4.69, 9.17) is 9.47 Å². The Hall–Kier alpha value is -3.15. The first-order chi connectivity index (χ1) is 15.3. The molecule has 1 spiro atoms. The first-order valence-electron chi connectivity index (χ1n) is 11.1. The summed E-state index contributed by atoms with van der Waals surface area (Å²) in [6.07, 6.45) is 1.86. The van der Waals surface area contributed by atoms with Gasteiger partial charge in [-0.05, 0) is 43.2 Å². The molecule has 0 atom stereocenters. The second kappa shape index (κ2) is 8.77. The zero-order chi connectivity index (χ0) is 22.9. The maximum absolute atomic E-state index is 12.8. The molecule has 0 radical (unpaired) electrons. The van der Waals surface area contributed by atoms with Crippen LogP contribution in [-0.4, -0.2) is 48.2 Å². The average Bonchev–Trinajstić information content (AvgIpc) is 2.80. The van der Waals surface area contributed by atoms with E-state index in [0.717, 1.165) is 11.1 Å². The largest absolute Gasteiger partial charge is 0.496 e. The Morgan fingerprint density at radius 3 is 2.50 bits per heavy atom. The van der Waals surface area contributed by atoms with E-state index in [2.05, 4.69) is 0 Å². The number of Topliss-reactive ketones (excluding diaryl/α,β-unsaturated/α-hetero) is 2. The maximum Gasteiger partial charge on any atom is 0.223 e. The lowest BCUT2D eigenvalue weighted by Gasteiger charge is -2.44. The van der Waals surface area contributed by atoms with Crippen molar-refractivity contribution in [3.63, 3.8) is 0 Å². The Labute approximate surface area is 188 Å². The number of benzene rings is 2. The molecule has 0 aliphatic carbocycles. The van der Waals surface area contributed by atoms with Crippen LogP contribution in [0, 0.1) is 13.8 Å². The lowest BCUT2D eigenvalue weighted by atomic mass is 9.81. The molecule has 0 aromatic heterocycles. The van der Waals surface area contributed by atoms with Gasteiger partial charge in [0.15, 0.2) is 11.6 Å². The Balaban J connectivity index is 1.36. The van der Waals surface area contributed by atoms with E-state index >= 15 is 0 Å². The minimum Gasteiger partial charge on any atom is -0.496 e. The summed E-state index contributed by atoms with van der Waals surface area (Å²) >= 11 is 0. The van der Waals surface area contributed by atoms with Crippen LogP contribution in [0.5, 0.6) is 11.5 Å². The molecule has 1 fully saturated rings. The second-order valence-corrected chi connectivity index (χ2v) is 8.77. The van der Waals surface area contributed by atoms with Crippen LogP contribution in [-0.2, 0) is 4.79 Å². The smallest absolute Gasteiger partial charge is 0.223 e. The predicted molar refractivity (Wildman–Crippen MR) is 121 cm³/mol. The van der Waals surface area contributed by atoms with E-state index in [-0.39, 0.29) is 30.3 Å². The lowest BCUT2D eigenvalue weighted by molar-refractivity contribution is -0.134. The van der Waals surface area contributed by atoms with Crippen LogP contribution in [0.4, 0.5) is 0 Å². The van der Waals surface area contributed by atoms with Crippen molar-refractivity contribution < 1.29 is 23.9 Å². The van der Waals surface area contributed by atoms with Gasteiger partial charge in [0.2, 0.25) is 5.91 Å². The van der Waals surface area contributed by atoms with E-state index in [1.807, 2.05) is 32.0 Å². The highest BCUT2D eigenvalue weighted by molar-refractivity contribution is 6.01. The summed E-state index contributed by atoms with van der Waals surface area (Å²) in [5.41, 5.74) is 2.71. The van der Waals surface area contributed by atoms with E-state index < -0.39 is 5.60 Å². The molecule has 4 rings (SSSR count). The van der Waals surface area contributed by atoms with Gasteiger partial charge in [0.05, 0.1) is 24.7 Å². The van der Waals surface area contributed by atoms with Crippen LogP contribution in [0.15, 0.2) is 36.4 Å². The number of carbonyl (C=O) groups excluding carboxylic acids is 3. The maximum atomic E-state index is 12.8. The highest BCUT2D eigenvalue weighted by Gasteiger charge is 2.44. The SMILES string of the molecule is COc1ccccc1C(=O)CCC(=O)N1CCC2(CC1)CC(=O)c1ccc(C)c(C)c1O2. The molecule has 32 heavy (non-hydrogen) atoms. The molecular weight excluding hydrogens is 406 g/mol. The monoisotopic (exact) mass is 435 g/mol. The first-order valence-corrected chi connectivity index (χ1v) is 11.1. The molecule has 0 unspecified atom stereocenters. The summed E-state index contributed by atoms with van der Waals surface area (Å²) < 4.78 is 11.7. The van der Waals surface area contributed by atoms with Gasteiger partial charge in [-0.1, -0.05) is 18.2 Å². The van der Waals surface area contributed by atoms with Gasteiger partial charge in [-0.15, -0.1) is 0 Å². The van der Waals surface area contributed by atoms with Crippen LogP contribution >= 0.6 is 0 Å². The molecular formula is C26H29NO5. The van der Waals surface area contributed by atoms with E-state index in [9.17, 15) is 14.4 Å². The highest BCUT2D eigenvalue weighted by atomic mass is 16.5. The van der Waals surface area contributed by atoms with Gasteiger partial charge in [0.1, 0.15) is 17.1 Å². The number of fused-ring (bicyclic) bond motifs is 1. The number of rotatable bonds is 5. The molecule has 2 aromatic carbocycles. The summed E-state index contributed by atoms with van der Waals surface area (Å²) in [4.78, 5) is 39.9. The number of hydrogen-bond donors (Lipinski definition) is 0. The van der Waals surface area contributed by atoms with Crippen LogP contribution in [0.2, 0.25) is 0 Å². The number of para-hydroxylation sites is 1. The number of nitrogens with zero attached hydrogens (tertiary/aromatic N) is 1. The molecule has 1 amide bonds. The first kappa shape index (κ1) is 22.1. The molecule has 0 bridgehead atoms. The topological polar surface area (TPSA) is 72.9 Å². The molecule has 2 aliphatic rings. The Morgan fingerprint density at radius 1 is 1.06 bits per heavy atom. The van der Waals surface area contributed by atoms with E-state index in [0.29, 0.717) is 55.0 Å². The van der Waals surface area contributed by atoms with E-state index in [1.165, 1.54) is 7.11 Å². The number of piperidine rings is 1. The third-order valence-corrected chi connectivity index (χ3v) is 6.78. The van der Waals surface area contributed by atoms with Gasteiger partial charge in [-0.2, -0.15) is 0 Å². The third-order valence-electron chi connectivity index (χ3n) is 6.78. The number of methoxy groups -OCH3 is 1. The fourth-order valence-electron chi connectivity index (χ4n) is 4.61. The molecule has 0 N–H and O–H groups in total. The normalized spacial score (nSPS) is 17.0. The van der Waals surface area contributed by atoms with Crippen molar-refractivity contribution in [1.29, 1.82) is 0 Å². The van der Waals surface area contributed by atoms with Crippen molar-refractivity contribution in [2.24, 2.45) is 0 Å². The van der Waals surface area contributed by atoms with Crippen LogP contribution in [0.1, 0.15) is 63.9 Å². The van der Waals surface area contributed by atoms with E-state index in [1.54, 1.807) is 23.1 Å². The summed E-state index contributed by atoms with van der Waals surface area (Å²) in [6.45, 7) is 5.04. The van der Waals surface area contributed by atoms with Crippen LogP contribution in [0.3, 0.4) is 0 Å². The summed E-state index contributed by atoms with van der Waals surface area (Å²) in [5.74, 6) is 1.18. The average molecular weight is 436 g/mol. The van der Waals surface area contributed by atoms with Gasteiger partial charge < -0.3 is 14.4 Å². The second-order valence-electron chi connectivity index (χ2n) is 8.77. The molecule has 0 saturated carbocycles. The van der Waals surface area contributed by atoms with Crippen molar-refractivity contribution in [3.8, 4) is 11.5 Å². The van der Waals surface area contributed by atoms with Gasteiger partial charge >= 0.3 is 0 Å². The molecule has 2 aromatic rings. The fourth-order valence-corrected chi connectivity index (χ4v) is 4.61. The predicted octanol–water partition coefficient (Wildman–Crippen LogP) is 4.30. The molecule has 6 heteroatoms. The number of carbonyl (C=O) groups is 3. The van der Waals surface area contributed by atoms with Crippen molar-refractivity contribution in [3.05, 3.63) is 58.7 Å². The minimum atomic E-state index is -0.549. The van der Waals surface area contributed by atoms with Gasteiger partial charge in [0.25, 0.3) is 0 Å². The van der Waals surface area contributed by atoms with Crippen molar-refractivity contribution in [2.75, 3.05) is 20.2 Å². The number of hydrogen-bond acceptors (Lipinski definition) is 5. The Morgan fingerprint density at radius 2 is 1.78 bits per heavy atom. The molecule has 2 aliphatic heterocycles. The standard InChI is InChI=1S/C26H29NO5/c1-17-8-9-20-22(29)16-26(32-25(20)18(17)2)12-14-27(15-13-26)24(30)11-10-21(28)19-6-4-5-7-23(19)31-3/h4-9H,10-16H2,1-3H3. The van der Waals surface area contributed by atoms with Crippen LogP contribution < -0.4 is 9.47 Å². The Kier molecular flexibility index (Phi) is 6.04. The third kappa shape index (κ3) is 4.14. The summed E-state index contributed by atoms with van der Waals surface area (Å²) in [6, 6.07) is 10.9. The zero-order valence-electron chi connectivity index (χ0n) is 18.9. The van der Waals surface area contributed by atoms with Crippen molar-refractivity contribution in [2.45, 2.75) is 51.6 Å². The van der Waals surface area contributed by atoms with Crippen molar-refractivity contribution >= 4 is 17.5 Å². The molecule has 2 heterocycles. The molecule has 168 valence electrons. The fraction of sp³-hybridized carbons (Fsp3) is 0.423. The quantitative estimate of drug-likeness (QED) is 0.655. The van der Waals surface area contributed by atoms with Crippen LogP contribution in [0.25, 0.3) is 0 Å². The Bertz CT molecular complexity index is 1070. The number of likely N-dealkylation sites (tertiary alicyclic amines) is 1. The van der Waals surface area contributed by atoms with Gasteiger partial charge in [0, 0.05) is 38.8 Å². The number of ether oxygens (including phenoxy) is 2. The minimum absolute atomic E-state index is 0.0438. The molecule has 6 nitrogen and oxygen atoms in total. The molecule has 1 saturated heterocycles. The van der Waals surface area contributed by atoms with Gasteiger partial charge in [-0.25, -0.2) is 0 Å². The highest BCUT2D eigenvalue weighted by Crippen LogP contribution is 2.41. The van der Waals surface area contributed by atoms with Gasteiger partial charge in [-0.3, -0.25) is 14.4 Å². The zero-order valence-corrected chi connectivity index (χ0v) is 18.9.